The van der Waals surface area contributed by atoms with Crippen LogP contribution in [0.15, 0.2) is 0 Å². The standard InChI is InChI=1S/CH4O2.2H3N/c2-1-3;;/h2-3H,1H2;2*1H3. The monoisotopic (exact) mass is 82.1 g/mol. The SMILES string of the molecule is N.N.OCO. The van der Waals surface area contributed by atoms with Gasteiger partial charge in [0.15, 0.2) is 0 Å². The van der Waals surface area contributed by atoms with E-state index in [4.69, 9.17) is 10.2 Å². The number of aliphatic hydroxyl groups excluding tert-OH is 1. The Hall–Kier alpha value is -0.160. The van der Waals surface area contributed by atoms with Crippen molar-refractivity contribution in [2.24, 2.45) is 0 Å². The molecule has 0 saturated heterocycles. The molecule has 4 heteroatoms. The van der Waals surface area contributed by atoms with E-state index in [1.165, 1.54) is 0 Å². The Labute approximate surface area is 30.6 Å². The minimum absolute atomic E-state index is 0. The van der Waals surface area contributed by atoms with Crippen molar-refractivity contribution in [2.75, 3.05) is 6.79 Å². The topological polar surface area (TPSA) is 110 Å². The van der Waals surface area contributed by atoms with Crippen LogP contribution in [0.4, 0.5) is 0 Å². The van der Waals surface area contributed by atoms with E-state index in [1.807, 2.05) is 0 Å². The van der Waals surface area contributed by atoms with Crippen molar-refractivity contribution in [3.8, 4) is 0 Å². The van der Waals surface area contributed by atoms with Crippen LogP contribution in [0.1, 0.15) is 0 Å². The second kappa shape index (κ2) is 43.9. The molecule has 0 aliphatic heterocycles. The maximum atomic E-state index is 7.12. The second-order valence-corrected chi connectivity index (χ2v) is 0.141. The lowest BCUT2D eigenvalue weighted by molar-refractivity contribution is 0.0773. The van der Waals surface area contributed by atoms with E-state index < -0.39 is 6.79 Å². The van der Waals surface area contributed by atoms with Gasteiger partial charge < -0.3 is 22.5 Å². The van der Waals surface area contributed by atoms with Crippen LogP contribution in [0, 0.1) is 0 Å². The predicted molar refractivity (Wildman–Crippen MR) is 19.3 cm³/mol. The Morgan fingerprint density at radius 2 is 1.00 bits per heavy atom. The molecule has 36 valence electrons. The Bertz CT molecular complexity index is 7.61. The lowest BCUT2D eigenvalue weighted by Crippen LogP contribution is -1.66. The summed E-state index contributed by atoms with van der Waals surface area (Å²) in [5.41, 5.74) is 0. The van der Waals surface area contributed by atoms with Gasteiger partial charge in [0.25, 0.3) is 0 Å². The normalized spacial score (nSPS) is 3.60. The van der Waals surface area contributed by atoms with Gasteiger partial charge in [-0.25, -0.2) is 0 Å². The van der Waals surface area contributed by atoms with Gasteiger partial charge in [0.2, 0.25) is 0 Å². The molecule has 0 saturated carbocycles. The first-order valence-corrected chi connectivity index (χ1v) is 0.632. The van der Waals surface area contributed by atoms with E-state index in [-0.39, 0.29) is 12.3 Å². The average Bonchev–Trinajstić information content (AvgIpc) is 0.918. The molecule has 0 bridgehead atoms. The molecule has 0 radical (unpaired) electrons. The van der Waals surface area contributed by atoms with Gasteiger partial charge in [0, 0.05) is 0 Å². The Balaban J connectivity index is -0.0000000200. The zero-order chi connectivity index (χ0) is 2.71. The van der Waals surface area contributed by atoms with Gasteiger partial charge in [-0.2, -0.15) is 0 Å². The summed E-state index contributed by atoms with van der Waals surface area (Å²) in [6.45, 7) is -0.750. The molecule has 0 aromatic carbocycles. The molecule has 0 atom stereocenters. The van der Waals surface area contributed by atoms with Crippen LogP contribution in [0.3, 0.4) is 0 Å². The molecule has 0 aliphatic carbocycles. The molecule has 0 unspecified atom stereocenters. The Morgan fingerprint density at radius 1 is 1.00 bits per heavy atom. The third-order valence-corrected chi connectivity index (χ3v) is 0. The highest BCUT2D eigenvalue weighted by Crippen LogP contribution is 1.17. The van der Waals surface area contributed by atoms with Crippen LogP contribution in [0.5, 0.6) is 0 Å². The summed E-state index contributed by atoms with van der Waals surface area (Å²) in [7, 11) is 0. The maximum Gasteiger partial charge on any atom is 0.140 e. The maximum absolute atomic E-state index is 7.12. The molecule has 8 N–H and O–H groups in total. The molecular formula is CH10N2O2. The zero-order valence-corrected chi connectivity index (χ0v) is 3.02. The average molecular weight is 82.1 g/mol. The van der Waals surface area contributed by atoms with Gasteiger partial charge in [-0.3, -0.25) is 0 Å². The molecule has 0 rings (SSSR count). The van der Waals surface area contributed by atoms with Gasteiger partial charge in [0.05, 0.1) is 0 Å². The summed E-state index contributed by atoms with van der Waals surface area (Å²) in [5, 5.41) is 14.2. The second-order valence-electron chi connectivity index (χ2n) is 0.141. The lowest BCUT2D eigenvalue weighted by Gasteiger charge is -1.55. The molecule has 0 fully saturated rings. The molecule has 0 spiro atoms. The summed E-state index contributed by atoms with van der Waals surface area (Å²) >= 11 is 0. The number of hydrogen-bond donors (Lipinski definition) is 4. The van der Waals surface area contributed by atoms with Gasteiger partial charge in [-0.05, 0) is 0 Å². The van der Waals surface area contributed by atoms with Crippen molar-refractivity contribution in [3.05, 3.63) is 0 Å². The number of rotatable bonds is 0. The van der Waals surface area contributed by atoms with Crippen molar-refractivity contribution in [1.82, 2.24) is 12.3 Å². The first-order valence-electron chi connectivity index (χ1n) is 0.632. The minimum Gasteiger partial charge on any atom is -0.371 e. The molecule has 0 aliphatic rings. The number of aliphatic hydroxyl groups is 2. The number of hydrogen-bond acceptors (Lipinski definition) is 4. The third kappa shape index (κ3) is 508. The highest BCUT2D eigenvalue weighted by molar-refractivity contribution is 3.50. The van der Waals surface area contributed by atoms with E-state index in [2.05, 4.69) is 0 Å². The van der Waals surface area contributed by atoms with Crippen molar-refractivity contribution < 1.29 is 10.2 Å². The fourth-order valence-corrected chi connectivity index (χ4v) is 0. The predicted octanol–water partition coefficient (Wildman–Crippen LogP) is -0.748. The molecule has 0 amide bonds. The van der Waals surface area contributed by atoms with Crippen LogP contribution in [-0.2, 0) is 0 Å². The fourth-order valence-electron chi connectivity index (χ4n) is 0. The minimum atomic E-state index is -0.750. The van der Waals surface area contributed by atoms with E-state index in [1.54, 1.807) is 0 Å². The summed E-state index contributed by atoms with van der Waals surface area (Å²) in [4.78, 5) is 0. The molecule has 0 aromatic rings. The van der Waals surface area contributed by atoms with Crippen molar-refractivity contribution in [2.45, 2.75) is 0 Å². The first kappa shape index (κ1) is 21.1. The summed E-state index contributed by atoms with van der Waals surface area (Å²) in [6.07, 6.45) is 0. The van der Waals surface area contributed by atoms with Crippen molar-refractivity contribution >= 4 is 0 Å². The highest BCUT2D eigenvalue weighted by atomic mass is 16.5. The van der Waals surface area contributed by atoms with E-state index in [0.29, 0.717) is 0 Å². The fraction of sp³-hybridized carbons (Fsp3) is 1.00. The van der Waals surface area contributed by atoms with Crippen LogP contribution in [0.25, 0.3) is 0 Å². The Kier molecular flexibility index (Phi) is 185. The third-order valence-electron chi connectivity index (χ3n) is 0. The van der Waals surface area contributed by atoms with Gasteiger partial charge >= 0.3 is 0 Å². The van der Waals surface area contributed by atoms with Gasteiger partial charge in [0.1, 0.15) is 6.79 Å². The molecule has 4 nitrogen and oxygen atoms in total. The van der Waals surface area contributed by atoms with E-state index >= 15 is 0 Å². The molecule has 0 heterocycles. The highest BCUT2D eigenvalue weighted by Gasteiger charge is 1.32. The van der Waals surface area contributed by atoms with Crippen LogP contribution in [0.2, 0.25) is 0 Å². The summed E-state index contributed by atoms with van der Waals surface area (Å²) in [6, 6.07) is 0. The lowest BCUT2D eigenvalue weighted by atomic mass is 11.6. The van der Waals surface area contributed by atoms with Crippen LogP contribution in [-0.4, -0.2) is 17.0 Å². The quantitative estimate of drug-likeness (QED) is 0.288. The van der Waals surface area contributed by atoms with Crippen LogP contribution >= 0.6 is 0 Å². The zero-order valence-electron chi connectivity index (χ0n) is 3.02. The molecule has 0 aromatic heterocycles. The van der Waals surface area contributed by atoms with E-state index in [0.717, 1.165) is 0 Å². The smallest absolute Gasteiger partial charge is 0.140 e. The van der Waals surface area contributed by atoms with Crippen molar-refractivity contribution in [3.63, 3.8) is 0 Å². The largest absolute Gasteiger partial charge is 0.371 e. The summed E-state index contributed by atoms with van der Waals surface area (Å²) < 4.78 is 0. The first-order chi connectivity index (χ1) is 1.41. The van der Waals surface area contributed by atoms with Crippen molar-refractivity contribution in [1.29, 1.82) is 0 Å². The van der Waals surface area contributed by atoms with E-state index in [9.17, 15) is 0 Å². The van der Waals surface area contributed by atoms with Crippen LogP contribution < -0.4 is 12.3 Å². The summed E-state index contributed by atoms with van der Waals surface area (Å²) in [5.74, 6) is 0. The molecular weight excluding hydrogens is 72.0 g/mol. The molecule has 5 heavy (non-hydrogen) atoms. The Morgan fingerprint density at radius 3 is 1.00 bits per heavy atom. The van der Waals surface area contributed by atoms with Gasteiger partial charge in [-0.1, -0.05) is 0 Å². The van der Waals surface area contributed by atoms with Gasteiger partial charge in [-0.15, -0.1) is 0 Å².